The highest BCUT2D eigenvalue weighted by molar-refractivity contribution is 7.89. The third-order valence-corrected chi connectivity index (χ3v) is 8.77. The van der Waals surface area contributed by atoms with Gasteiger partial charge in [-0.3, -0.25) is 9.59 Å². The zero-order chi connectivity index (χ0) is 23.0. The number of aromatic nitrogens is 1. The lowest BCUT2D eigenvalue weighted by Gasteiger charge is -2.30. The lowest BCUT2D eigenvalue weighted by atomic mass is 9.97. The maximum Gasteiger partial charge on any atom is 0.307 e. The van der Waals surface area contributed by atoms with E-state index in [2.05, 4.69) is 5.32 Å². The van der Waals surface area contributed by atoms with Crippen molar-refractivity contribution in [1.82, 2.24) is 8.87 Å². The molecule has 11 heteroatoms. The van der Waals surface area contributed by atoms with Crippen LogP contribution >= 0.6 is 22.9 Å². The summed E-state index contributed by atoms with van der Waals surface area (Å²) in [6, 6.07) is 9.68. The van der Waals surface area contributed by atoms with Crippen molar-refractivity contribution in [3.05, 3.63) is 51.1 Å². The Labute approximate surface area is 194 Å². The van der Waals surface area contributed by atoms with E-state index in [9.17, 15) is 18.0 Å². The molecule has 1 saturated heterocycles. The van der Waals surface area contributed by atoms with E-state index in [-0.39, 0.29) is 34.7 Å². The molecule has 1 amide bonds. The Morgan fingerprint density at radius 2 is 1.91 bits per heavy atom. The molecule has 32 heavy (non-hydrogen) atoms. The Balaban J connectivity index is 1.45. The van der Waals surface area contributed by atoms with E-state index in [1.807, 2.05) is 0 Å². The van der Waals surface area contributed by atoms with E-state index in [1.165, 1.54) is 22.0 Å². The second kappa shape index (κ2) is 8.86. The van der Waals surface area contributed by atoms with Gasteiger partial charge in [0.15, 0.2) is 0 Å². The fourth-order valence-electron chi connectivity index (χ4n) is 3.79. The van der Waals surface area contributed by atoms with Gasteiger partial charge in [-0.05, 0) is 49.2 Å². The van der Waals surface area contributed by atoms with E-state index in [4.69, 9.17) is 16.3 Å². The molecule has 1 aliphatic heterocycles. The van der Waals surface area contributed by atoms with Gasteiger partial charge in [0.2, 0.25) is 15.9 Å². The number of sulfonamides is 1. The highest BCUT2D eigenvalue weighted by Gasteiger charge is 2.32. The maximum absolute atomic E-state index is 13.1. The van der Waals surface area contributed by atoms with Crippen molar-refractivity contribution >= 4 is 54.8 Å². The second-order valence-corrected chi connectivity index (χ2v) is 10.9. The van der Waals surface area contributed by atoms with Crippen LogP contribution in [0.1, 0.15) is 12.8 Å². The topological polar surface area (TPSA) is 97.7 Å². The summed E-state index contributed by atoms with van der Waals surface area (Å²) in [5.74, 6) is -0.0218. The zero-order valence-corrected chi connectivity index (χ0v) is 19.9. The third kappa shape index (κ3) is 4.27. The molecule has 1 aromatic heterocycles. The van der Waals surface area contributed by atoms with E-state index >= 15 is 0 Å². The number of carbonyl (C=O) groups excluding carboxylic acids is 1. The van der Waals surface area contributed by atoms with Gasteiger partial charge in [0, 0.05) is 31.1 Å². The average molecular weight is 496 g/mol. The molecule has 0 saturated carbocycles. The minimum Gasteiger partial charge on any atom is -0.495 e. The lowest BCUT2D eigenvalue weighted by Crippen LogP contribution is -2.41. The van der Waals surface area contributed by atoms with Gasteiger partial charge in [0.05, 0.1) is 27.9 Å². The SMILES string of the molecule is COc1ccc(Cl)cc1NC(=O)C1CCN(S(=O)(=O)c2ccc3c(c2)sc(=O)n3C)CC1. The molecule has 4 rings (SSSR count). The summed E-state index contributed by atoms with van der Waals surface area (Å²) in [6.07, 6.45) is 0.795. The van der Waals surface area contributed by atoms with Gasteiger partial charge in [0.25, 0.3) is 0 Å². The molecule has 8 nitrogen and oxygen atoms in total. The number of aryl methyl sites for hydroxylation is 1. The number of rotatable bonds is 5. The number of benzene rings is 2. The predicted molar refractivity (Wildman–Crippen MR) is 125 cm³/mol. The van der Waals surface area contributed by atoms with E-state index < -0.39 is 10.0 Å². The highest BCUT2D eigenvalue weighted by Crippen LogP contribution is 2.30. The Kier molecular flexibility index (Phi) is 6.30. The molecule has 170 valence electrons. The average Bonchev–Trinajstić information content (AvgIpc) is 3.07. The van der Waals surface area contributed by atoms with Gasteiger partial charge in [-0.2, -0.15) is 4.31 Å². The van der Waals surface area contributed by atoms with Crippen molar-refractivity contribution < 1.29 is 17.9 Å². The van der Waals surface area contributed by atoms with Crippen molar-refractivity contribution in [2.75, 3.05) is 25.5 Å². The van der Waals surface area contributed by atoms with Crippen molar-refractivity contribution in [3.8, 4) is 5.75 Å². The van der Waals surface area contributed by atoms with Gasteiger partial charge in [-0.25, -0.2) is 8.42 Å². The molecule has 1 N–H and O–H groups in total. The number of nitrogens with zero attached hydrogens (tertiary/aromatic N) is 2. The van der Waals surface area contributed by atoms with Crippen molar-refractivity contribution in [1.29, 1.82) is 0 Å². The number of methoxy groups -OCH3 is 1. The van der Waals surface area contributed by atoms with Crippen LogP contribution in [0.25, 0.3) is 10.2 Å². The molecule has 3 aromatic rings. The van der Waals surface area contributed by atoms with Gasteiger partial charge in [0.1, 0.15) is 5.75 Å². The van der Waals surface area contributed by atoms with Crippen LogP contribution in [0.3, 0.4) is 0 Å². The van der Waals surface area contributed by atoms with Crippen molar-refractivity contribution in [2.45, 2.75) is 17.7 Å². The quantitative estimate of drug-likeness (QED) is 0.585. The largest absolute Gasteiger partial charge is 0.495 e. The fourth-order valence-corrected chi connectivity index (χ4v) is 6.46. The van der Waals surface area contributed by atoms with Gasteiger partial charge >= 0.3 is 4.87 Å². The Hall–Kier alpha value is -2.40. The number of ether oxygens (including phenoxy) is 1. The molecule has 0 spiro atoms. The summed E-state index contributed by atoms with van der Waals surface area (Å²) in [5.41, 5.74) is 1.18. The molecule has 2 aromatic carbocycles. The fraction of sp³-hybridized carbons (Fsp3) is 0.333. The summed E-state index contributed by atoms with van der Waals surface area (Å²) in [7, 11) is -0.557. The van der Waals surface area contributed by atoms with Gasteiger partial charge < -0.3 is 14.6 Å². The summed E-state index contributed by atoms with van der Waals surface area (Å²) < 4.78 is 35.0. The van der Waals surface area contributed by atoms with Crippen LogP contribution in [-0.2, 0) is 21.9 Å². The number of fused-ring (bicyclic) bond motifs is 1. The smallest absolute Gasteiger partial charge is 0.307 e. The normalized spacial score (nSPS) is 15.7. The van der Waals surface area contributed by atoms with Crippen LogP contribution in [0.5, 0.6) is 5.75 Å². The number of hydrogen-bond donors (Lipinski definition) is 1. The van der Waals surface area contributed by atoms with Gasteiger partial charge in [-0.1, -0.05) is 22.9 Å². The number of piperidine rings is 1. The number of amides is 1. The standard InChI is InChI=1S/C21H22ClN3O5S2/c1-24-17-5-4-15(12-19(17)31-21(24)27)32(28,29)25-9-7-13(8-10-25)20(26)23-16-11-14(22)3-6-18(16)30-2/h3-6,11-13H,7-10H2,1-2H3,(H,23,26). The predicted octanol–water partition coefficient (Wildman–Crippen LogP) is 3.30. The Morgan fingerprint density at radius 1 is 1.19 bits per heavy atom. The number of hydrogen-bond acceptors (Lipinski definition) is 6. The van der Waals surface area contributed by atoms with E-state index in [0.717, 1.165) is 11.3 Å². The van der Waals surface area contributed by atoms with Gasteiger partial charge in [-0.15, -0.1) is 0 Å². The third-order valence-electron chi connectivity index (χ3n) is 5.65. The highest BCUT2D eigenvalue weighted by atomic mass is 35.5. The molecule has 1 aliphatic rings. The minimum atomic E-state index is -3.72. The van der Waals surface area contributed by atoms with Crippen LogP contribution in [0, 0.1) is 5.92 Å². The van der Waals surface area contributed by atoms with Crippen molar-refractivity contribution in [3.63, 3.8) is 0 Å². The molecule has 0 bridgehead atoms. The zero-order valence-electron chi connectivity index (χ0n) is 17.5. The lowest BCUT2D eigenvalue weighted by molar-refractivity contribution is -0.120. The number of thiazole rings is 1. The van der Waals surface area contributed by atoms with Crippen LogP contribution in [0.2, 0.25) is 5.02 Å². The summed E-state index contributed by atoms with van der Waals surface area (Å²) in [4.78, 5) is 24.6. The molecular weight excluding hydrogens is 474 g/mol. The minimum absolute atomic E-state index is 0.141. The first-order valence-corrected chi connectivity index (χ1v) is 12.6. The number of nitrogens with one attached hydrogen (secondary N) is 1. The maximum atomic E-state index is 13.1. The molecule has 0 unspecified atom stereocenters. The van der Waals surface area contributed by atoms with Crippen LogP contribution in [0.15, 0.2) is 46.1 Å². The number of halogens is 1. The number of anilines is 1. The molecule has 0 aliphatic carbocycles. The molecular formula is C21H22ClN3O5S2. The summed E-state index contributed by atoms with van der Waals surface area (Å²) in [5, 5.41) is 3.31. The summed E-state index contributed by atoms with van der Waals surface area (Å²) in [6.45, 7) is 0.465. The monoisotopic (exact) mass is 495 g/mol. The molecule has 0 atom stereocenters. The van der Waals surface area contributed by atoms with E-state index in [0.29, 0.717) is 39.5 Å². The first-order valence-electron chi connectivity index (χ1n) is 9.95. The first-order chi connectivity index (χ1) is 15.2. The number of carbonyl (C=O) groups is 1. The second-order valence-electron chi connectivity index (χ2n) is 7.57. The molecule has 2 heterocycles. The molecule has 1 fully saturated rings. The summed E-state index contributed by atoms with van der Waals surface area (Å²) >= 11 is 7.04. The van der Waals surface area contributed by atoms with Crippen molar-refractivity contribution in [2.24, 2.45) is 13.0 Å². The van der Waals surface area contributed by atoms with E-state index in [1.54, 1.807) is 37.4 Å². The van der Waals surface area contributed by atoms with Crippen LogP contribution in [-0.4, -0.2) is 43.4 Å². The Morgan fingerprint density at radius 3 is 2.59 bits per heavy atom. The van der Waals surface area contributed by atoms with Crippen LogP contribution in [0.4, 0.5) is 5.69 Å². The first kappa shape index (κ1) is 22.8. The van der Waals surface area contributed by atoms with Crippen LogP contribution < -0.4 is 14.9 Å². The Bertz CT molecular complexity index is 1340. The molecule has 0 radical (unpaired) electrons.